The van der Waals surface area contributed by atoms with Crippen LogP contribution in [0.2, 0.25) is 0 Å². The molecule has 4 aliphatic rings. The Morgan fingerprint density at radius 3 is 2.63 bits per heavy atom. The van der Waals surface area contributed by atoms with Crippen LogP contribution in [0.5, 0.6) is 5.75 Å². The van der Waals surface area contributed by atoms with E-state index in [0.717, 1.165) is 67.6 Å². The number of halogens is 1. The van der Waals surface area contributed by atoms with E-state index in [1.807, 2.05) is 23.1 Å². The highest BCUT2D eigenvalue weighted by Gasteiger charge is 2.43. The van der Waals surface area contributed by atoms with Gasteiger partial charge in [-0.1, -0.05) is 49.7 Å². The third-order valence-electron chi connectivity index (χ3n) is 7.92. The maximum absolute atomic E-state index is 13.2. The van der Waals surface area contributed by atoms with Crippen molar-refractivity contribution >= 4 is 17.7 Å². The summed E-state index contributed by atoms with van der Waals surface area (Å²) in [5.74, 6) is 1.37. The number of benzene rings is 1. The lowest BCUT2D eigenvalue weighted by atomic mass is 9.85. The van der Waals surface area contributed by atoms with Crippen molar-refractivity contribution in [3.8, 4) is 5.75 Å². The normalized spacial score (nSPS) is 25.7. The van der Waals surface area contributed by atoms with E-state index in [9.17, 15) is 4.79 Å². The van der Waals surface area contributed by atoms with Gasteiger partial charge in [-0.2, -0.15) is 0 Å². The van der Waals surface area contributed by atoms with Crippen molar-refractivity contribution in [2.75, 3.05) is 59.5 Å². The molecule has 5 rings (SSSR count). The molecular formula is C30H41ClN4O3. The number of likely N-dealkylation sites (N-methyl/N-ethyl adjacent to an activating group) is 1. The number of hydrogen-bond acceptors (Lipinski definition) is 6. The summed E-state index contributed by atoms with van der Waals surface area (Å²) in [4.78, 5) is 20.0. The number of hydrogen-bond donors (Lipinski definition) is 1. The average Bonchev–Trinajstić information content (AvgIpc) is 3.28. The van der Waals surface area contributed by atoms with E-state index in [-0.39, 0.29) is 30.0 Å². The number of carbonyl (C=O) groups is 1. The first kappa shape index (κ1) is 27.1. The maximum Gasteiger partial charge on any atom is 0.410 e. The number of ether oxygens (including phenoxy) is 2. The molecule has 8 heteroatoms. The molecule has 7 nitrogen and oxygen atoms in total. The van der Waals surface area contributed by atoms with Gasteiger partial charge in [0.15, 0.2) is 0 Å². The number of amides is 1. The Morgan fingerprint density at radius 1 is 1.13 bits per heavy atom. The van der Waals surface area contributed by atoms with Crippen molar-refractivity contribution in [2.24, 2.45) is 11.8 Å². The quantitative estimate of drug-likeness (QED) is 0.479. The van der Waals surface area contributed by atoms with Crippen molar-refractivity contribution in [3.63, 3.8) is 0 Å². The van der Waals surface area contributed by atoms with Crippen LogP contribution in [0.15, 0.2) is 58.8 Å². The number of allylic oxidation sites excluding steroid dienone is 2. The van der Waals surface area contributed by atoms with Crippen LogP contribution in [0.3, 0.4) is 0 Å². The van der Waals surface area contributed by atoms with Crippen LogP contribution < -0.4 is 10.1 Å². The molecule has 1 fully saturated rings. The summed E-state index contributed by atoms with van der Waals surface area (Å²) in [6.45, 7) is 11.4. The minimum atomic E-state index is -0.264. The Bertz CT molecular complexity index is 1080. The van der Waals surface area contributed by atoms with Gasteiger partial charge in [0.1, 0.15) is 11.8 Å². The third-order valence-corrected chi connectivity index (χ3v) is 8.17. The highest BCUT2D eigenvalue weighted by Crippen LogP contribution is 2.45. The summed E-state index contributed by atoms with van der Waals surface area (Å²) in [7, 11) is 2.18. The monoisotopic (exact) mass is 540 g/mol. The molecule has 3 atom stereocenters. The molecule has 3 aliphatic heterocycles. The number of piperazine rings is 1. The van der Waals surface area contributed by atoms with Crippen molar-refractivity contribution < 1.29 is 14.3 Å². The molecule has 0 radical (unpaired) electrons. The highest BCUT2D eigenvalue weighted by molar-refractivity contribution is 6.31. The molecule has 1 aromatic rings. The first-order chi connectivity index (χ1) is 18.4. The standard InChI is InChI=1S/C30H41ClN4O3/c1-21(2)20-38-30(36)35-13-11-25-26-19-23(31)7-10-27(26)32-28(25)29(35)22-5-8-24(9-6-22)37-18-4-12-34-16-14-33(3)15-17-34/h5-10,19,21,26-27,29,32H,4,11-18,20H2,1-3H3. The summed E-state index contributed by atoms with van der Waals surface area (Å²) in [6.07, 6.45) is 7.76. The SMILES string of the molecule is CC(C)COC(=O)N1CCC2=C(NC3C=CC(Cl)=CC23)C1c1ccc(OCCCN2CCN(C)CC2)cc1. The van der Waals surface area contributed by atoms with Gasteiger partial charge in [0.25, 0.3) is 0 Å². The third kappa shape index (κ3) is 6.22. The second kappa shape index (κ2) is 12.1. The molecule has 0 bridgehead atoms. The lowest BCUT2D eigenvalue weighted by Crippen LogP contribution is -2.44. The first-order valence-electron chi connectivity index (χ1n) is 14.0. The summed E-state index contributed by atoms with van der Waals surface area (Å²) in [6, 6.07) is 8.16. The van der Waals surface area contributed by atoms with E-state index < -0.39 is 0 Å². The van der Waals surface area contributed by atoms with Crippen molar-refractivity contribution in [2.45, 2.75) is 38.8 Å². The number of nitrogens with zero attached hydrogens (tertiary/aromatic N) is 3. The lowest BCUT2D eigenvalue weighted by Gasteiger charge is -2.37. The van der Waals surface area contributed by atoms with Crippen molar-refractivity contribution in [1.29, 1.82) is 0 Å². The molecule has 1 amide bonds. The second-order valence-electron chi connectivity index (χ2n) is 11.3. The zero-order chi connectivity index (χ0) is 26.6. The topological polar surface area (TPSA) is 57.3 Å². The predicted octanol–water partition coefficient (Wildman–Crippen LogP) is 4.78. The molecule has 1 aromatic carbocycles. The maximum atomic E-state index is 13.2. The molecule has 0 aromatic heterocycles. The molecular weight excluding hydrogens is 500 g/mol. The van der Waals surface area contributed by atoms with Gasteiger partial charge in [0.2, 0.25) is 0 Å². The Morgan fingerprint density at radius 2 is 1.89 bits per heavy atom. The smallest absolute Gasteiger partial charge is 0.410 e. The highest BCUT2D eigenvalue weighted by atomic mass is 35.5. The van der Waals surface area contributed by atoms with Crippen molar-refractivity contribution in [1.82, 2.24) is 20.0 Å². The summed E-state index contributed by atoms with van der Waals surface area (Å²) in [5.41, 5.74) is 3.48. The lowest BCUT2D eigenvalue weighted by molar-refractivity contribution is 0.0789. The van der Waals surface area contributed by atoms with Gasteiger partial charge >= 0.3 is 6.09 Å². The Kier molecular flexibility index (Phi) is 8.66. The van der Waals surface area contributed by atoms with Gasteiger partial charge in [0.05, 0.1) is 19.3 Å². The summed E-state index contributed by atoms with van der Waals surface area (Å²) >= 11 is 6.36. The molecule has 0 spiro atoms. The molecule has 1 N–H and O–H groups in total. The number of fused-ring (bicyclic) bond motifs is 2. The Labute approximate surface area is 232 Å². The van der Waals surface area contributed by atoms with Gasteiger partial charge in [-0.15, -0.1) is 0 Å². The van der Waals surface area contributed by atoms with E-state index >= 15 is 0 Å². The van der Waals surface area contributed by atoms with E-state index in [0.29, 0.717) is 19.8 Å². The summed E-state index contributed by atoms with van der Waals surface area (Å²) < 4.78 is 11.8. The Balaban J connectivity index is 1.27. The summed E-state index contributed by atoms with van der Waals surface area (Å²) in [5, 5.41) is 4.47. The fourth-order valence-electron chi connectivity index (χ4n) is 5.79. The van der Waals surface area contributed by atoms with Gasteiger partial charge < -0.3 is 24.6 Å². The molecule has 3 unspecified atom stereocenters. The van der Waals surface area contributed by atoms with Crippen LogP contribution in [0.1, 0.15) is 38.3 Å². The van der Waals surface area contributed by atoms with Crippen molar-refractivity contribution in [3.05, 3.63) is 64.4 Å². The molecule has 38 heavy (non-hydrogen) atoms. The van der Waals surface area contributed by atoms with E-state index in [2.05, 4.69) is 60.3 Å². The van der Waals surface area contributed by atoms with Crippen LogP contribution in [-0.4, -0.2) is 86.4 Å². The van der Waals surface area contributed by atoms with Gasteiger partial charge in [-0.3, -0.25) is 4.90 Å². The molecule has 1 saturated heterocycles. The van der Waals surface area contributed by atoms with Gasteiger partial charge in [0, 0.05) is 55.9 Å². The van der Waals surface area contributed by atoms with Crippen LogP contribution in [-0.2, 0) is 4.74 Å². The zero-order valence-electron chi connectivity index (χ0n) is 22.9. The van der Waals surface area contributed by atoms with Crippen LogP contribution in [0, 0.1) is 11.8 Å². The molecule has 3 heterocycles. The molecule has 1 aliphatic carbocycles. The van der Waals surface area contributed by atoms with E-state index in [1.165, 1.54) is 5.57 Å². The minimum absolute atomic E-state index is 0.166. The molecule has 0 saturated carbocycles. The van der Waals surface area contributed by atoms with Crippen LogP contribution in [0.25, 0.3) is 0 Å². The largest absolute Gasteiger partial charge is 0.494 e. The van der Waals surface area contributed by atoms with E-state index in [1.54, 1.807) is 0 Å². The number of nitrogens with one attached hydrogen (secondary N) is 1. The van der Waals surface area contributed by atoms with Gasteiger partial charge in [-0.05, 0) is 55.2 Å². The van der Waals surface area contributed by atoms with E-state index in [4.69, 9.17) is 21.1 Å². The average molecular weight is 541 g/mol. The fourth-order valence-corrected chi connectivity index (χ4v) is 6.00. The first-order valence-corrected chi connectivity index (χ1v) is 14.4. The minimum Gasteiger partial charge on any atom is -0.494 e. The second-order valence-corrected chi connectivity index (χ2v) is 11.7. The number of rotatable bonds is 8. The zero-order valence-corrected chi connectivity index (χ0v) is 23.6. The fraction of sp³-hybridized carbons (Fsp3) is 0.567. The molecule has 206 valence electrons. The van der Waals surface area contributed by atoms with Gasteiger partial charge in [-0.25, -0.2) is 4.79 Å². The Hall–Kier alpha value is -2.48. The predicted molar refractivity (Wildman–Crippen MR) is 151 cm³/mol. The van der Waals surface area contributed by atoms with Crippen LogP contribution >= 0.6 is 11.6 Å². The van der Waals surface area contributed by atoms with Crippen LogP contribution in [0.4, 0.5) is 4.79 Å². The number of carbonyl (C=O) groups excluding carboxylic acids is 1.